The number of benzene rings is 1. The molecule has 1 aliphatic heterocycles. The minimum Gasteiger partial charge on any atom is -0.465 e. The van der Waals surface area contributed by atoms with Crippen molar-refractivity contribution < 1.29 is 28.1 Å². The summed E-state index contributed by atoms with van der Waals surface area (Å²) in [5, 5.41) is 23.7. The van der Waals surface area contributed by atoms with Crippen molar-refractivity contribution in [3.05, 3.63) is 39.3 Å². The smallest absolute Gasteiger partial charge is 0.407 e. The number of likely N-dealkylation sites (tertiary alicyclic amines) is 1. The number of piperidine rings is 1. The maximum atomic E-state index is 14.5. The van der Waals surface area contributed by atoms with Crippen molar-refractivity contribution in [2.45, 2.75) is 25.7 Å². The van der Waals surface area contributed by atoms with Gasteiger partial charge in [0.1, 0.15) is 5.82 Å². The van der Waals surface area contributed by atoms with Crippen LogP contribution in [0.25, 0.3) is 11.4 Å². The molecule has 26 heavy (non-hydrogen) atoms. The molecule has 1 aromatic carbocycles. The number of aromatic nitrogens is 2. The van der Waals surface area contributed by atoms with Gasteiger partial charge in [-0.15, -0.1) is 0 Å². The molecule has 9 nitrogen and oxygen atoms in total. The molecule has 1 N–H and O–H groups in total. The lowest BCUT2D eigenvalue weighted by Crippen LogP contribution is -2.38. The first-order chi connectivity index (χ1) is 12.3. The Balaban J connectivity index is 1.96. The van der Waals surface area contributed by atoms with E-state index in [1.807, 2.05) is 0 Å². The lowest BCUT2D eigenvalue weighted by atomic mass is 9.98. The molecule has 2 heterocycles. The Morgan fingerprint density at radius 3 is 2.88 bits per heavy atom. The molecule has 3 rings (SSSR count). The Kier molecular flexibility index (Phi) is 4.53. The van der Waals surface area contributed by atoms with E-state index in [0.29, 0.717) is 19.4 Å². The number of rotatable bonds is 3. The van der Waals surface area contributed by atoms with Gasteiger partial charge in [-0.1, -0.05) is 5.16 Å². The zero-order valence-electron chi connectivity index (χ0n) is 13.6. The minimum atomic E-state index is -1.25. The summed E-state index contributed by atoms with van der Waals surface area (Å²) in [5.41, 5.74) is -1.90. The molecule has 1 aromatic heterocycles. The SMILES string of the molecule is Cc1c(F)cc(-c2noc([C@@H]3CCCN(C(=O)O)C3)n2)c(F)c1[N+](=O)[O-]. The molecule has 1 saturated heterocycles. The van der Waals surface area contributed by atoms with Gasteiger partial charge in [0.25, 0.3) is 0 Å². The summed E-state index contributed by atoms with van der Waals surface area (Å²) in [6.07, 6.45) is 0.112. The van der Waals surface area contributed by atoms with E-state index >= 15 is 0 Å². The van der Waals surface area contributed by atoms with Crippen LogP contribution < -0.4 is 0 Å². The van der Waals surface area contributed by atoms with Gasteiger partial charge < -0.3 is 14.5 Å². The van der Waals surface area contributed by atoms with Gasteiger partial charge in [0, 0.05) is 13.1 Å². The van der Waals surface area contributed by atoms with E-state index in [2.05, 4.69) is 10.1 Å². The molecule has 1 aliphatic rings. The molecular weight excluding hydrogens is 354 g/mol. The fourth-order valence-corrected chi connectivity index (χ4v) is 2.95. The maximum Gasteiger partial charge on any atom is 0.407 e. The van der Waals surface area contributed by atoms with Gasteiger partial charge in [0.15, 0.2) is 0 Å². The zero-order chi connectivity index (χ0) is 19.0. The van der Waals surface area contributed by atoms with Crippen LogP contribution in [0.15, 0.2) is 10.6 Å². The second-order valence-corrected chi connectivity index (χ2v) is 5.97. The minimum absolute atomic E-state index is 0.0778. The average Bonchev–Trinajstić information content (AvgIpc) is 3.08. The van der Waals surface area contributed by atoms with Crippen LogP contribution in [0.2, 0.25) is 0 Å². The van der Waals surface area contributed by atoms with E-state index < -0.39 is 39.5 Å². The summed E-state index contributed by atoms with van der Waals surface area (Å²) in [5.74, 6) is -2.85. The Morgan fingerprint density at radius 1 is 1.50 bits per heavy atom. The number of nitro groups is 1. The van der Waals surface area contributed by atoms with E-state index in [9.17, 15) is 23.7 Å². The first kappa shape index (κ1) is 17.7. The summed E-state index contributed by atoms with van der Waals surface area (Å²) in [4.78, 5) is 26.3. The molecular formula is C15H14F2N4O5. The van der Waals surface area contributed by atoms with Gasteiger partial charge in [-0.2, -0.15) is 9.37 Å². The predicted molar refractivity (Wildman–Crippen MR) is 82.6 cm³/mol. The third-order valence-electron chi connectivity index (χ3n) is 4.34. The van der Waals surface area contributed by atoms with Crippen molar-refractivity contribution >= 4 is 11.8 Å². The van der Waals surface area contributed by atoms with E-state index in [-0.39, 0.29) is 24.2 Å². The number of halogens is 2. The monoisotopic (exact) mass is 368 g/mol. The second kappa shape index (κ2) is 6.65. The lowest BCUT2D eigenvalue weighted by molar-refractivity contribution is -0.388. The first-order valence-corrected chi connectivity index (χ1v) is 7.74. The molecule has 0 saturated carbocycles. The lowest BCUT2D eigenvalue weighted by Gasteiger charge is -2.28. The van der Waals surface area contributed by atoms with Crippen LogP contribution >= 0.6 is 0 Å². The van der Waals surface area contributed by atoms with Gasteiger partial charge >= 0.3 is 11.8 Å². The van der Waals surface area contributed by atoms with Crippen LogP contribution in [0, 0.1) is 28.7 Å². The van der Waals surface area contributed by atoms with Crippen LogP contribution in [0.3, 0.4) is 0 Å². The highest BCUT2D eigenvalue weighted by Gasteiger charge is 2.31. The normalized spacial score (nSPS) is 17.3. The molecule has 0 spiro atoms. The van der Waals surface area contributed by atoms with E-state index in [4.69, 9.17) is 9.63 Å². The van der Waals surface area contributed by atoms with Crippen molar-refractivity contribution in [1.82, 2.24) is 15.0 Å². The average molecular weight is 368 g/mol. The molecule has 0 aliphatic carbocycles. The highest BCUT2D eigenvalue weighted by Crippen LogP contribution is 2.34. The largest absolute Gasteiger partial charge is 0.465 e. The molecule has 2 aromatic rings. The predicted octanol–water partition coefficient (Wildman–Crippen LogP) is 3.09. The summed E-state index contributed by atoms with van der Waals surface area (Å²) < 4.78 is 33.5. The van der Waals surface area contributed by atoms with E-state index in [1.54, 1.807) is 0 Å². The highest BCUT2D eigenvalue weighted by atomic mass is 19.1. The van der Waals surface area contributed by atoms with Crippen molar-refractivity contribution in [2.24, 2.45) is 0 Å². The van der Waals surface area contributed by atoms with Crippen LogP contribution in [-0.2, 0) is 0 Å². The highest BCUT2D eigenvalue weighted by molar-refractivity contribution is 5.65. The molecule has 0 bridgehead atoms. The van der Waals surface area contributed by atoms with Crippen molar-refractivity contribution in [3.8, 4) is 11.4 Å². The number of amides is 1. The standard InChI is InChI=1S/C15H14F2N4O5/c1-7-10(16)5-9(11(17)12(7)21(24)25)13-18-14(26-19-13)8-3-2-4-20(6-8)15(22)23/h5,8H,2-4,6H2,1H3,(H,22,23)/t8-/m1/s1. The topological polar surface area (TPSA) is 123 Å². The van der Waals surface area contributed by atoms with Gasteiger partial charge in [-0.3, -0.25) is 10.1 Å². The Morgan fingerprint density at radius 2 is 2.23 bits per heavy atom. The summed E-state index contributed by atoms with van der Waals surface area (Å²) in [6, 6.07) is 0.775. The zero-order valence-corrected chi connectivity index (χ0v) is 13.6. The third-order valence-corrected chi connectivity index (χ3v) is 4.34. The quantitative estimate of drug-likeness (QED) is 0.652. The van der Waals surface area contributed by atoms with Crippen LogP contribution in [0.4, 0.5) is 19.3 Å². The number of carbonyl (C=O) groups is 1. The third kappa shape index (κ3) is 3.07. The number of nitro benzene ring substituents is 1. The van der Waals surface area contributed by atoms with Crippen molar-refractivity contribution in [2.75, 3.05) is 13.1 Å². The summed E-state index contributed by atoms with van der Waals surface area (Å²) in [6.45, 7) is 1.63. The van der Waals surface area contributed by atoms with Crippen LogP contribution in [0.5, 0.6) is 0 Å². The Bertz CT molecular complexity index is 885. The molecule has 0 unspecified atom stereocenters. The Labute approximate surface area is 145 Å². The first-order valence-electron chi connectivity index (χ1n) is 7.74. The maximum absolute atomic E-state index is 14.5. The van der Waals surface area contributed by atoms with Crippen molar-refractivity contribution in [3.63, 3.8) is 0 Å². The number of hydrogen-bond donors (Lipinski definition) is 1. The van der Waals surface area contributed by atoms with Gasteiger partial charge in [0.05, 0.1) is 22.0 Å². The fraction of sp³-hybridized carbons (Fsp3) is 0.400. The fourth-order valence-electron chi connectivity index (χ4n) is 2.95. The Hall–Kier alpha value is -3.11. The molecule has 138 valence electrons. The number of hydrogen-bond acceptors (Lipinski definition) is 6. The number of nitrogens with zero attached hydrogens (tertiary/aromatic N) is 4. The molecule has 1 fully saturated rings. The second-order valence-electron chi connectivity index (χ2n) is 5.97. The summed E-state index contributed by atoms with van der Waals surface area (Å²) >= 11 is 0. The molecule has 11 heteroatoms. The van der Waals surface area contributed by atoms with Crippen molar-refractivity contribution in [1.29, 1.82) is 0 Å². The molecule has 1 amide bonds. The van der Waals surface area contributed by atoms with Crippen LogP contribution in [-0.4, -0.2) is 44.3 Å². The van der Waals surface area contributed by atoms with Crippen LogP contribution in [0.1, 0.15) is 30.2 Å². The van der Waals surface area contributed by atoms with Gasteiger partial charge in [0.2, 0.25) is 17.5 Å². The number of carboxylic acid groups (broad SMARTS) is 1. The molecule has 1 atom stereocenters. The summed E-state index contributed by atoms with van der Waals surface area (Å²) in [7, 11) is 0. The van der Waals surface area contributed by atoms with E-state index in [0.717, 1.165) is 13.0 Å². The van der Waals surface area contributed by atoms with Gasteiger partial charge in [-0.05, 0) is 25.8 Å². The molecule has 0 radical (unpaired) electrons. The van der Waals surface area contributed by atoms with E-state index in [1.165, 1.54) is 4.90 Å². The van der Waals surface area contributed by atoms with Gasteiger partial charge in [-0.25, -0.2) is 9.18 Å².